The Bertz CT molecular complexity index is 462. The van der Waals surface area contributed by atoms with Crippen LogP contribution < -0.4 is 4.72 Å². The van der Waals surface area contributed by atoms with Gasteiger partial charge in [0.2, 0.25) is 10.0 Å². The summed E-state index contributed by atoms with van der Waals surface area (Å²) in [6.45, 7) is 1.81. The second-order valence-corrected chi connectivity index (χ2v) is 6.25. The molecule has 3 nitrogen and oxygen atoms in total. The fourth-order valence-electron chi connectivity index (χ4n) is 1.43. The van der Waals surface area contributed by atoms with E-state index in [1.165, 1.54) is 6.07 Å². The molecule has 0 bridgehead atoms. The molecule has 0 aliphatic heterocycles. The largest absolute Gasteiger partial charge is 0.242 e. The third kappa shape index (κ3) is 4.47. The van der Waals surface area contributed by atoms with Crippen molar-refractivity contribution in [2.45, 2.75) is 30.7 Å². The van der Waals surface area contributed by atoms with Gasteiger partial charge < -0.3 is 0 Å². The molecular formula is C11H15Cl2NO2S. The highest BCUT2D eigenvalue weighted by Crippen LogP contribution is 2.20. The minimum absolute atomic E-state index is 0.111. The van der Waals surface area contributed by atoms with E-state index in [1.54, 1.807) is 25.1 Å². The molecule has 0 saturated carbocycles. The van der Waals surface area contributed by atoms with Crippen LogP contribution >= 0.6 is 23.2 Å². The van der Waals surface area contributed by atoms with E-state index in [2.05, 4.69) is 4.72 Å². The zero-order valence-corrected chi connectivity index (χ0v) is 11.8. The molecule has 0 aromatic heterocycles. The first-order valence-electron chi connectivity index (χ1n) is 5.30. The molecular weight excluding hydrogens is 281 g/mol. The molecule has 0 aliphatic rings. The first-order valence-corrected chi connectivity index (χ1v) is 7.70. The molecule has 0 radical (unpaired) electrons. The van der Waals surface area contributed by atoms with Crippen molar-refractivity contribution >= 4 is 33.2 Å². The molecule has 1 N–H and O–H groups in total. The number of halogens is 2. The van der Waals surface area contributed by atoms with E-state index in [1.807, 2.05) is 0 Å². The fraction of sp³-hybridized carbons (Fsp3) is 0.455. The standard InChI is InChI=1S/C11H15Cl2NO2S/c1-9(5-4-8-12)14-17(15,16)11-7-3-2-6-10(11)13/h2-3,6-7,9,14H,4-5,8H2,1H3. The maximum absolute atomic E-state index is 12.0. The lowest BCUT2D eigenvalue weighted by Crippen LogP contribution is -2.32. The van der Waals surface area contributed by atoms with Gasteiger partial charge in [0.1, 0.15) is 4.90 Å². The molecule has 0 aliphatic carbocycles. The predicted molar refractivity (Wildman–Crippen MR) is 71.2 cm³/mol. The second-order valence-electron chi connectivity index (χ2n) is 3.78. The Morgan fingerprint density at radius 3 is 2.59 bits per heavy atom. The maximum Gasteiger partial charge on any atom is 0.242 e. The van der Waals surface area contributed by atoms with E-state index >= 15 is 0 Å². The monoisotopic (exact) mass is 295 g/mol. The summed E-state index contributed by atoms with van der Waals surface area (Å²) in [5, 5.41) is 0.226. The summed E-state index contributed by atoms with van der Waals surface area (Å²) in [4.78, 5) is 0.111. The van der Waals surface area contributed by atoms with Gasteiger partial charge >= 0.3 is 0 Å². The van der Waals surface area contributed by atoms with Gasteiger partial charge in [-0.3, -0.25) is 0 Å². The number of rotatable bonds is 6. The smallest absolute Gasteiger partial charge is 0.208 e. The van der Waals surface area contributed by atoms with Crippen LogP contribution in [-0.4, -0.2) is 20.3 Å². The van der Waals surface area contributed by atoms with Crippen LogP contribution in [-0.2, 0) is 10.0 Å². The first-order chi connectivity index (χ1) is 7.97. The number of alkyl halides is 1. The van der Waals surface area contributed by atoms with Crippen LogP contribution in [0.5, 0.6) is 0 Å². The molecule has 96 valence electrons. The van der Waals surface area contributed by atoms with E-state index in [4.69, 9.17) is 23.2 Å². The van der Waals surface area contributed by atoms with Crippen molar-refractivity contribution in [1.82, 2.24) is 4.72 Å². The molecule has 0 heterocycles. The lowest BCUT2D eigenvalue weighted by Gasteiger charge is -2.14. The Hall–Kier alpha value is -0.290. The van der Waals surface area contributed by atoms with Gasteiger partial charge in [0.05, 0.1) is 5.02 Å². The molecule has 1 rings (SSSR count). The summed E-state index contributed by atoms with van der Waals surface area (Å²) in [7, 11) is -3.55. The average Bonchev–Trinajstić information content (AvgIpc) is 2.26. The fourth-order valence-corrected chi connectivity index (χ4v) is 3.39. The zero-order chi connectivity index (χ0) is 12.9. The molecule has 6 heteroatoms. The van der Waals surface area contributed by atoms with Gasteiger partial charge in [-0.1, -0.05) is 23.7 Å². The lowest BCUT2D eigenvalue weighted by molar-refractivity contribution is 0.544. The van der Waals surface area contributed by atoms with Gasteiger partial charge in [-0.25, -0.2) is 13.1 Å². The van der Waals surface area contributed by atoms with E-state index in [0.29, 0.717) is 12.3 Å². The molecule has 0 saturated heterocycles. The van der Waals surface area contributed by atoms with Crippen LogP contribution in [0.25, 0.3) is 0 Å². The van der Waals surface area contributed by atoms with Gasteiger partial charge in [-0.2, -0.15) is 0 Å². The number of hydrogen-bond acceptors (Lipinski definition) is 2. The molecule has 1 atom stereocenters. The molecule has 17 heavy (non-hydrogen) atoms. The highest BCUT2D eigenvalue weighted by Gasteiger charge is 2.19. The minimum Gasteiger partial charge on any atom is -0.208 e. The van der Waals surface area contributed by atoms with E-state index < -0.39 is 10.0 Å². The summed E-state index contributed by atoms with van der Waals surface area (Å²) >= 11 is 11.4. The van der Waals surface area contributed by atoms with Crippen molar-refractivity contribution in [2.75, 3.05) is 5.88 Å². The summed E-state index contributed by atoms with van der Waals surface area (Å²) in [5.74, 6) is 0.526. The average molecular weight is 296 g/mol. The maximum atomic E-state index is 12.0. The first kappa shape index (κ1) is 14.8. The van der Waals surface area contributed by atoms with Crippen LogP contribution in [0.4, 0.5) is 0 Å². The summed E-state index contributed by atoms with van der Waals surface area (Å²) in [6.07, 6.45) is 1.47. The van der Waals surface area contributed by atoms with Gasteiger partial charge in [0.25, 0.3) is 0 Å². The summed E-state index contributed by atoms with van der Waals surface area (Å²) in [5.41, 5.74) is 0. The van der Waals surface area contributed by atoms with Crippen LogP contribution in [0, 0.1) is 0 Å². The predicted octanol–water partition coefficient (Wildman–Crippen LogP) is 3.03. The van der Waals surface area contributed by atoms with Crippen LogP contribution in [0.15, 0.2) is 29.2 Å². The Balaban J connectivity index is 2.79. The quantitative estimate of drug-likeness (QED) is 0.820. The van der Waals surface area contributed by atoms with Crippen molar-refractivity contribution in [3.8, 4) is 0 Å². The zero-order valence-electron chi connectivity index (χ0n) is 9.49. The Morgan fingerprint density at radius 2 is 2.00 bits per heavy atom. The third-order valence-electron chi connectivity index (χ3n) is 2.25. The van der Waals surface area contributed by atoms with Gasteiger partial charge in [-0.05, 0) is 31.9 Å². The van der Waals surface area contributed by atoms with Crippen molar-refractivity contribution in [3.63, 3.8) is 0 Å². The summed E-state index contributed by atoms with van der Waals surface area (Å²) in [6, 6.07) is 6.22. The second kappa shape index (κ2) is 6.59. The van der Waals surface area contributed by atoms with Crippen LogP contribution in [0.1, 0.15) is 19.8 Å². The lowest BCUT2D eigenvalue weighted by atomic mass is 10.2. The van der Waals surface area contributed by atoms with Crippen LogP contribution in [0.2, 0.25) is 5.02 Å². The SMILES string of the molecule is CC(CCCCl)NS(=O)(=O)c1ccccc1Cl. The molecule has 1 aromatic rings. The van der Waals surface area contributed by atoms with Crippen molar-refractivity contribution in [3.05, 3.63) is 29.3 Å². The number of sulfonamides is 1. The molecule has 1 unspecified atom stereocenters. The van der Waals surface area contributed by atoms with Crippen molar-refractivity contribution in [2.24, 2.45) is 0 Å². The van der Waals surface area contributed by atoms with Gasteiger partial charge in [-0.15, -0.1) is 11.6 Å². The van der Waals surface area contributed by atoms with Gasteiger partial charge in [0, 0.05) is 11.9 Å². The minimum atomic E-state index is -3.55. The van der Waals surface area contributed by atoms with Crippen LogP contribution in [0.3, 0.4) is 0 Å². The number of benzene rings is 1. The molecule has 1 aromatic carbocycles. The normalized spacial score (nSPS) is 13.6. The van der Waals surface area contributed by atoms with Gasteiger partial charge in [0.15, 0.2) is 0 Å². The highest BCUT2D eigenvalue weighted by molar-refractivity contribution is 7.89. The Kier molecular flexibility index (Phi) is 5.73. The van der Waals surface area contributed by atoms with E-state index in [-0.39, 0.29) is 16.0 Å². The molecule has 0 spiro atoms. The number of nitrogens with one attached hydrogen (secondary N) is 1. The summed E-state index contributed by atoms with van der Waals surface area (Å²) < 4.78 is 26.6. The topological polar surface area (TPSA) is 46.2 Å². The highest BCUT2D eigenvalue weighted by atomic mass is 35.5. The third-order valence-corrected chi connectivity index (χ3v) is 4.61. The Labute approximate surface area is 112 Å². The van der Waals surface area contributed by atoms with Crippen molar-refractivity contribution < 1.29 is 8.42 Å². The Morgan fingerprint density at radius 1 is 1.35 bits per heavy atom. The van der Waals surface area contributed by atoms with E-state index in [0.717, 1.165) is 6.42 Å². The van der Waals surface area contributed by atoms with Crippen molar-refractivity contribution in [1.29, 1.82) is 0 Å². The van der Waals surface area contributed by atoms with E-state index in [9.17, 15) is 8.42 Å². The molecule has 0 amide bonds. The molecule has 0 fully saturated rings. The number of hydrogen-bond donors (Lipinski definition) is 1.